The maximum absolute atomic E-state index is 14.2. The number of ether oxygens (including phenoxy) is 1. The van der Waals surface area contributed by atoms with Crippen molar-refractivity contribution in [1.29, 1.82) is 0 Å². The maximum Gasteiger partial charge on any atom is 0.166 e. The highest BCUT2D eigenvalue weighted by atomic mass is 19.1. The normalized spacial score (nSPS) is 17.4. The summed E-state index contributed by atoms with van der Waals surface area (Å²) in [6.45, 7) is 3.30. The van der Waals surface area contributed by atoms with Crippen molar-refractivity contribution in [2.24, 2.45) is 5.92 Å². The number of anilines is 1. The molecule has 8 heteroatoms. The first-order valence-corrected chi connectivity index (χ1v) is 10.9. The lowest BCUT2D eigenvalue weighted by molar-refractivity contribution is 0.227. The van der Waals surface area contributed by atoms with Gasteiger partial charge in [-0.15, -0.1) is 0 Å². The van der Waals surface area contributed by atoms with Crippen LogP contribution in [0.25, 0.3) is 22.5 Å². The molecule has 0 spiro atoms. The zero-order chi connectivity index (χ0) is 21.8. The van der Waals surface area contributed by atoms with Crippen molar-refractivity contribution in [3.63, 3.8) is 0 Å². The van der Waals surface area contributed by atoms with Crippen LogP contribution in [0.1, 0.15) is 37.0 Å². The van der Waals surface area contributed by atoms with Gasteiger partial charge in [0, 0.05) is 41.2 Å². The Morgan fingerprint density at radius 2 is 2.03 bits per heavy atom. The van der Waals surface area contributed by atoms with E-state index in [1.807, 2.05) is 29.9 Å². The summed E-state index contributed by atoms with van der Waals surface area (Å²) in [6.07, 6.45) is 7.45. The summed E-state index contributed by atoms with van der Waals surface area (Å²) in [5.74, 6) is 1.13. The molecule has 2 bridgehead atoms. The minimum atomic E-state index is -0.446. The number of pyridine rings is 1. The number of benzene rings is 1. The van der Waals surface area contributed by atoms with E-state index in [0.717, 1.165) is 40.2 Å². The van der Waals surface area contributed by atoms with Gasteiger partial charge < -0.3 is 10.5 Å². The van der Waals surface area contributed by atoms with Crippen LogP contribution in [-0.2, 0) is 13.1 Å². The molecular weight excluding hydrogens is 407 g/mol. The number of halogens is 1. The molecule has 7 nitrogen and oxygen atoms in total. The molecule has 0 radical (unpaired) electrons. The number of rotatable bonds is 2. The third kappa shape index (κ3) is 3.23. The Kier molecular flexibility index (Phi) is 4.28. The monoisotopic (exact) mass is 430 g/mol. The number of nitrogens with two attached hydrogens (primary N) is 1. The van der Waals surface area contributed by atoms with Crippen molar-refractivity contribution in [2.75, 3.05) is 5.73 Å². The Labute approximate surface area is 184 Å². The molecule has 2 aliphatic rings. The summed E-state index contributed by atoms with van der Waals surface area (Å²) in [7, 11) is 0. The molecule has 0 saturated heterocycles. The van der Waals surface area contributed by atoms with Crippen molar-refractivity contribution < 1.29 is 9.13 Å². The van der Waals surface area contributed by atoms with E-state index in [-0.39, 0.29) is 5.82 Å². The van der Waals surface area contributed by atoms with Gasteiger partial charge in [-0.3, -0.25) is 9.36 Å². The van der Waals surface area contributed by atoms with E-state index < -0.39 is 6.10 Å². The quantitative estimate of drug-likeness (QED) is 0.508. The summed E-state index contributed by atoms with van der Waals surface area (Å²) < 4.78 is 24.4. The first-order valence-electron chi connectivity index (χ1n) is 10.9. The minimum Gasteiger partial charge on any atom is -0.482 e. The van der Waals surface area contributed by atoms with Gasteiger partial charge in [0.05, 0.1) is 24.1 Å². The largest absolute Gasteiger partial charge is 0.482 e. The fourth-order valence-corrected chi connectivity index (χ4v) is 4.44. The Hall–Kier alpha value is -3.68. The van der Waals surface area contributed by atoms with Crippen LogP contribution in [0.2, 0.25) is 0 Å². The number of nitrogen functional groups attached to an aromatic ring is 1. The molecule has 1 saturated carbocycles. The van der Waals surface area contributed by atoms with Crippen LogP contribution in [0.3, 0.4) is 0 Å². The van der Waals surface area contributed by atoms with E-state index in [1.54, 1.807) is 18.5 Å². The standard InChI is InChI=1S/C24H23FN6O/c1-14-20-9-18(25)4-5-19(20)21-6-7-28-30(21)13-17-11-29-31(12-15-2-3-15)23(17)16-8-22(32-14)24(26)27-10-16/h4-11,14-15H,2-3,12-13H2,1H3,(H2,26,27). The van der Waals surface area contributed by atoms with Gasteiger partial charge in [-0.25, -0.2) is 9.37 Å². The molecule has 1 unspecified atom stereocenters. The molecule has 32 heavy (non-hydrogen) atoms. The summed E-state index contributed by atoms with van der Waals surface area (Å²) in [6, 6.07) is 8.60. The van der Waals surface area contributed by atoms with Crippen LogP contribution in [0, 0.1) is 11.7 Å². The molecule has 1 aliphatic carbocycles. The van der Waals surface area contributed by atoms with Crippen LogP contribution in [0.4, 0.5) is 10.2 Å². The second-order valence-electron chi connectivity index (χ2n) is 8.62. The molecule has 3 aromatic heterocycles. The van der Waals surface area contributed by atoms with Crippen LogP contribution in [-0.4, -0.2) is 24.5 Å². The second kappa shape index (κ2) is 7.19. The fourth-order valence-electron chi connectivity index (χ4n) is 4.44. The minimum absolute atomic E-state index is 0.301. The van der Waals surface area contributed by atoms with Crippen molar-refractivity contribution >= 4 is 5.82 Å². The number of fused-ring (bicyclic) bond motifs is 7. The van der Waals surface area contributed by atoms with Gasteiger partial charge in [-0.1, -0.05) is 0 Å². The van der Waals surface area contributed by atoms with Gasteiger partial charge >= 0.3 is 0 Å². The van der Waals surface area contributed by atoms with Gasteiger partial charge in [0.25, 0.3) is 0 Å². The lowest BCUT2D eigenvalue weighted by Crippen LogP contribution is -2.12. The molecule has 1 atom stereocenters. The zero-order valence-corrected chi connectivity index (χ0v) is 17.7. The van der Waals surface area contributed by atoms with Crippen LogP contribution < -0.4 is 10.5 Å². The molecule has 162 valence electrons. The number of aromatic nitrogens is 5. The van der Waals surface area contributed by atoms with E-state index in [1.165, 1.54) is 25.0 Å². The van der Waals surface area contributed by atoms with E-state index in [4.69, 9.17) is 15.6 Å². The molecule has 6 rings (SSSR count). The van der Waals surface area contributed by atoms with Crippen LogP contribution in [0.5, 0.6) is 5.75 Å². The van der Waals surface area contributed by atoms with E-state index in [9.17, 15) is 4.39 Å². The Morgan fingerprint density at radius 3 is 2.88 bits per heavy atom. The maximum atomic E-state index is 14.2. The predicted octanol–water partition coefficient (Wildman–Crippen LogP) is 4.44. The molecule has 4 aromatic rings. The number of hydrogen-bond donors (Lipinski definition) is 1. The first-order chi connectivity index (χ1) is 15.6. The summed E-state index contributed by atoms with van der Waals surface area (Å²) in [4.78, 5) is 4.40. The van der Waals surface area contributed by atoms with Gasteiger partial charge in [0.15, 0.2) is 11.6 Å². The molecule has 0 amide bonds. The fraction of sp³-hybridized carbons (Fsp3) is 0.292. The lowest BCUT2D eigenvalue weighted by Gasteiger charge is -2.21. The summed E-state index contributed by atoms with van der Waals surface area (Å²) in [5, 5.41) is 9.27. The molecule has 1 aliphatic heterocycles. The molecular formula is C24H23FN6O. The van der Waals surface area contributed by atoms with Crippen molar-refractivity contribution in [2.45, 2.75) is 39.0 Å². The van der Waals surface area contributed by atoms with Gasteiger partial charge in [-0.05, 0) is 56.0 Å². The van der Waals surface area contributed by atoms with Crippen molar-refractivity contribution in [1.82, 2.24) is 24.5 Å². The van der Waals surface area contributed by atoms with Gasteiger partial charge in [-0.2, -0.15) is 10.2 Å². The number of nitrogens with zero attached hydrogens (tertiary/aromatic N) is 5. The third-order valence-corrected chi connectivity index (χ3v) is 6.27. The van der Waals surface area contributed by atoms with Crippen LogP contribution in [0.15, 0.2) is 48.9 Å². The first kappa shape index (κ1) is 19.0. The number of hydrogen-bond acceptors (Lipinski definition) is 5. The highest BCUT2D eigenvalue weighted by Gasteiger charge is 2.26. The van der Waals surface area contributed by atoms with Crippen LogP contribution >= 0.6 is 0 Å². The highest BCUT2D eigenvalue weighted by Crippen LogP contribution is 2.38. The predicted molar refractivity (Wildman–Crippen MR) is 118 cm³/mol. The summed E-state index contributed by atoms with van der Waals surface area (Å²) in [5.41, 5.74) is 11.6. The second-order valence-corrected chi connectivity index (χ2v) is 8.62. The molecule has 1 fully saturated rings. The summed E-state index contributed by atoms with van der Waals surface area (Å²) >= 11 is 0. The Balaban J connectivity index is 1.58. The van der Waals surface area contributed by atoms with Crippen molar-refractivity contribution in [3.05, 3.63) is 65.9 Å². The smallest absolute Gasteiger partial charge is 0.166 e. The van der Waals surface area contributed by atoms with E-state index in [2.05, 4.69) is 14.8 Å². The lowest BCUT2D eigenvalue weighted by atomic mass is 9.99. The SMILES string of the molecule is CC1Oc2cc(cnc2N)-c2c(cnn2CC2CC2)Cn2nccc2-c2ccc(F)cc21. The topological polar surface area (TPSA) is 83.8 Å². The van der Waals surface area contributed by atoms with Crippen molar-refractivity contribution in [3.8, 4) is 28.3 Å². The molecule has 1 aromatic carbocycles. The molecule has 2 N–H and O–H groups in total. The van der Waals surface area contributed by atoms with E-state index in [0.29, 0.717) is 24.0 Å². The van der Waals surface area contributed by atoms with Gasteiger partial charge in [0.2, 0.25) is 0 Å². The average Bonchev–Trinajstić information content (AvgIpc) is 3.33. The zero-order valence-electron chi connectivity index (χ0n) is 17.7. The highest BCUT2D eigenvalue weighted by molar-refractivity contribution is 5.69. The van der Waals surface area contributed by atoms with E-state index >= 15 is 0 Å². The molecule has 4 heterocycles. The Morgan fingerprint density at radius 1 is 1.16 bits per heavy atom. The third-order valence-electron chi connectivity index (χ3n) is 6.27. The Bertz CT molecular complexity index is 1320. The van der Waals surface area contributed by atoms with Gasteiger partial charge in [0.1, 0.15) is 11.9 Å². The average molecular weight is 430 g/mol.